The van der Waals surface area contributed by atoms with Gasteiger partial charge in [-0.2, -0.15) is 0 Å². The molecule has 0 aromatic carbocycles. The summed E-state index contributed by atoms with van der Waals surface area (Å²) in [5, 5.41) is 8.72. The van der Waals surface area contributed by atoms with Gasteiger partial charge in [0.1, 0.15) is 0 Å². The Hall–Kier alpha value is -0.650. The number of aliphatic hydroxyl groups is 1. The summed E-state index contributed by atoms with van der Waals surface area (Å²) in [5.74, 6) is 0.112. The lowest BCUT2D eigenvalue weighted by Gasteiger charge is -2.32. The molecule has 15 heavy (non-hydrogen) atoms. The molecule has 1 saturated heterocycles. The molecule has 1 aliphatic rings. The van der Waals surface area contributed by atoms with Crippen LogP contribution in [0.25, 0.3) is 0 Å². The van der Waals surface area contributed by atoms with Crippen LogP contribution in [0.15, 0.2) is 0 Å². The van der Waals surface area contributed by atoms with Gasteiger partial charge in [0, 0.05) is 19.6 Å². The van der Waals surface area contributed by atoms with Gasteiger partial charge in [0.2, 0.25) is 5.91 Å². The van der Waals surface area contributed by atoms with Crippen molar-refractivity contribution in [2.24, 2.45) is 0 Å². The van der Waals surface area contributed by atoms with Crippen molar-refractivity contribution in [1.82, 2.24) is 9.80 Å². The molecule has 1 unspecified atom stereocenters. The van der Waals surface area contributed by atoms with Crippen molar-refractivity contribution in [1.29, 1.82) is 0 Å². The summed E-state index contributed by atoms with van der Waals surface area (Å²) < 4.78 is 5.36. The topological polar surface area (TPSA) is 53.0 Å². The number of likely N-dealkylation sites (N-methyl/N-ethyl adjacent to an activating group) is 1. The van der Waals surface area contributed by atoms with Crippen molar-refractivity contribution < 1.29 is 14.6 Å². The van der Waals surface area contributed by atoms with Gasteiger partial charge in [-0.05, 0) is 14.0 Å². The molecule has 0 aromatic heterocycles. The van der Waals surface area contributed by atoms with Crippen LogP contribution in [0.2, 0.25) is 0 Å². The van der Waals surface area contributed by atoms with Crippen molar-refractivity contribution in [3.05, 3.63) is 0 Å². The van der Waals surface area contributed by atoms with Gasteiger partial charge in [0.05, 0.1) is 25.9 Å². The van der Waals surface area contributed by atoms with E-state index in [1.165, 1.54) is 0 Å². The van der Waals surface area contributed by atoms with Crippen molar-refractivity contribution in [3.8, 4) is 0 Å². The smallest absolute Gasteiger partial charge is 0.236 e. The summed E-state index contributed by atoms with van der Waals surface area (Å²) in [6.07, 6.45) is 0.130. The molecule has 1 N–H and O–H groups in total. The van der Waals surface area contributed by atoms with Crippen LogP contribution in [0.5, 0.6) is 0 Å². The van der Waals surface area contributed by atoms with Crippen LogP contribution < -0.4 is 0 Å². The number of nitrogens with zero attached hydrogens (tertiary/aromatic N) is 2. The molecule has 0 radical (unpaired) electrons. The Morgan fingerprint density at radius 3 is 3.00 bits per heavy atom. The van der Waals surface area contributed by atoms with Crippen LogP contribution in [0, 0.1) is 0 Å². The molecule has 1 amide bonds. The number of hydrogen-bond donors (Lipinski definition) is 1. The first kappa shape index (κ1) is 12.4. The number of amides is 1. The summed E-state index contributed by atoms with van der Waals surface area (Å²) in [7, 11) is 1.83. The van der Waals surface area contributed by atoms with Crippen molar-refractivity contribution in [3.63, 3.8) is 0 Å². The first-order chi connectivity index (χ1) is 7.13. The summed E-state index contributed by atoms with van der Waals surface area (Å²) >= 11 is 0. The lowest BCUT2D eigenvalue weighted by Crippen LogP contribution is -2.48. The summed E-state index contributed by atoms with van der Waals surface area (Å²) in [5.41, 5.74) is 0. The third-order valence-electron chi connectivity index (χ3n) is 2.48. The molecule has 5 nitrogen and oxygen atoms in total. The lowest BCUT2D eigenvalue weighted by molar-refractivity contribution is -0.139. The zero-order valence-electron chi connectivity index (χ0n) is 9.48. The van der Waals surface area contributed by atoms with E-state index in [0.717, 1.165) is 0 Å². The Morgan fingerprint density at radius 1 is 1.67 bits per heavy atom. The van der Waals surface area contributed by atoms with E-state index < -0.39 is 0 Å². The third-order valence-corrected chi connectivity index (χ3v) is 2.48. The van der Waals surface area contributed by atoms with E-state index in [1.807, 2.05) is 23.8 Å². The number of hydrogen-bond acceptors (Lipinski definition) is 4. The first-order valence-corrected chi connectivity index (χ1v) is 5.32. The Kier molecular flexibility index (Phi) is 5.01. The summed E-state index contributed by atoms with van der Waals surface area (Å²) in [6.45, 7) is 4.93. The minimum Gasteiger partial charge on any atom is -0.395 e. The fourth-order valence-corrected chi connectivity index (χ4v) is 1.63. The van der Waals surface area contributed by atoms with Gasteiger partial charge in [0.15, 0.2) is 0 Å². The van der Waals surface area contributed by atoms with Gasteiger partial charge in [-0.15, -0.1) is 0 Å². The van der Waals surface area contributed by atoms with Gasteiger partial charge in [0.25, 0.3) is 0 Å². The van der Waals surface area contributed by atoms with Crippen molar-refractivity contribution in [2.75, 3.05) is 46.4 Å². The van der Waals surface area contributed by atoms with E-state index in [9.17, 15) is 4.79 Å². The Morgan fingerprint density at radius 2 is 2.40 bits per heavy atom. The largest absolute Gasteiger partial charge is 0.395 e. The van der Waals surface area contributed by atoms with Gasteiger partial charge >= 0.3 is 0 Å². The Labute approximate surface area is 90.6 Å². The number of aliphatic hydroxyl groups excluding tert-OH is 1. The predicted molar refractivity (Wildman–Crippen MR) is 56.6 cm³/mol. The van der Waals surface area contributed by atoms with Gasteiger partial charge < -0.3 is 14.7 Å². The van der Waals surface area contributed by atoms with E-state index in [2.05, 4.69) is 0 Å². The van der Waals surface area contributed by atoms with Crippen LogP contribution >= 0.6 is 0 Å². The van der Waals surface area contributed by atoms with Crippen molar-refractivity contribution >= 4 is 5.91 Å². The van der Waals surface area contributed by atoms with Gasteiger partial charge in [-0.1, -0.05) is 0 Å². The zero-order chi connectivity index (χ0) is 11.3. The molecular formula is C10H20N2O3. The van der Waals surface area contributed by atoms with Crippen LogP contribution in [-0.4, -0.2) is 73.4 Å². The van der Waals surface area contributed by atoms with E-state index in [-0.39, 0.29) is 18.6 Å². The average Bonchev–Trinajstić information content (AvgIpc) is 2.18. The molecule has 0 aliphatic carbocycles. The lowest BCUT2D eigenvalue weighted by atomic mass is 10.3. The summed E-state index contributed by atoms with van der Waals surface area (Å²) in [6, 6.07) is 0. The van der Waals surface area contributed by atoms with Crippen LogP contribution in [0.1, 0.15) is 6.92 Å². The van der Waals surface area contributed by atoms with Crippen molar-refractivity contribution in [2.45, 2.75) is 13.0 Å². The highest BCUT2D eigenvalue weighted by Crippen LogP contribution is 2.04. The fraction of sp³-hybridized carbons (Fsp3) is 0.900. The number of carbonyl (C=O) groups is 1. The standard InChI is InChI=1S/C10H20N2O3/c1-9-7-12(4-6-15-9)10(14)8-11(2)3-5-13/h9,13H,3-8H2,1-2H3. The highest BCUT2D eigenvalue weighted by Gasteiger charge is 2.21. The SMILES string of the molecule is CC1CN(C(=O)CN(C)CCO)CCO1. The van der Waals surface area contributed by atoms with Gasteiger partial charge in [-0.3, -0.25) is 9.69 Å². The number of carbonyl (C=O) groups excluding carboxylic acids is 1. The van der Waals surface area contributed by atoms with E-state index >= 15 is 0 Å². The van der Waals surface area contributed by atoms with Gasteiger partial charge in [-0.25, -0.2) is 0 Å². The molecule has 1 heterocycles. The minimum absolute atomic E-state index is 0.0866. The molecule has 88 valence electrons. The molecule has 0 saturated carbocycles. The average molecular weight is 216 g/mol. The van der Waals surface area contributed by atoms with Crippen LogP contribution in [-0.2, 0) is 9.53 Å². The predicted octanol–water partition coefficient (Wildman–Crippen LogP) is -0.842. The molecule has 0 spiro atoms. The molecule has 1 rings (SSSR count). The molecule has 1 aliphatic heterocycles. The quantitative estimate of drug-likeness (QED) is 0.665. The van der Waals surface area contributed by atoms with E-state index in [4.69, 9.17) is 9.84 Å². The molecule has 0 bridgehead atoms. The molecule has 5 heteroatoms. The highest BCUT2D eigenvalue weighted by atomic mass is 16.5. The Balaban J connectivity index is 2.32. The van der Waals surface area contributed by atoms with Crippen LogP contribution in [0.3, 0.4) is 0 Å². The second-order valence-corrected chi connectivity index (χ2v) is 3.98. The zero-order valence-corrected chi connectivity index (χ0v) is 9.48. The molecular weight excluding hydrogens is 196 g/mol. The highest BCUT2D eigenvalue weighted by molar-refractivity contribution is 5.78. The maximum absolute atomic E-state index is 11.8. The van der Waals surface area contributed by atoms with Crippen LogP contribution in [0.4, 0.5) is 0 Å². The van der Waals surface area contributed by atoms with E-state index in [0.29, 0.717) is 32.8 Å². The number of ether oxygens (including phenoxy) is 1. The second-order valence-electron chi connectivity index (χ2n) is 3.98. The third kappa shape index (κ3) is 4.15. The molecule has 1 atom stereocenters. The first-order valence-electron chi connectivity index (χ1n) is 5.32. The molecule has 1 fully saturated rings. The number of morpholine rings is 1. The maximum atomic E-state index is 11.8. The Bertz CT molecular complexity index is 211. The monoisotopic (exact) mass is 216 g/mol. The van der Waals surface area contributed by atoms with E-state index in [1.54, 1.807) is 0 Å². The maximum Gasteiger partial charge on any atom is 0.236 e. The number of rotatable bonds is 4. The molecule has 0 aromatic rings. The normalized spacial score (nSPS) is 22.1. The summed E-state index contributed by atoms with van der Waals surface area (Å²) in [4.78, 5) is 15.4. The fourth-order valence-electron chi connectivity index (χ4n) is 1.63. The minimum atomic E-state index is 0.0866. The second kappa shape index (κ2) is 6.05.